The van der Waals surface area contributed by atoms with E-state index in [9.17, 15) is 8.42 Å². The number of nitrogens with one attached hydrogen (secondary N) is 1. The molecule has 66 valence electrons. The first-order chi connectivity index (χ1) is 5.02. The van der Waals surface area contributed by atoms with E-state index >= 15 is 0 Å². The van der Waals surface area contributed by atoms with Crippen LogP contribution in [0.25, 0.3) is 0 Å². The molecule has 1 fully saturated rings. The van der Waals surface area contributed by atoms with Gasteiger partial charge in [-0.2, -0.15) is 0 Å². The van der Waals surface area contributed by atoms with Gasteiger partial charge in [0.15, 0.2) is 9.84 Å². The van der Waals surface area contributed by atoms with Gasteiger partial charge in [0.1, 0.15) is 5.37 Å². The average Bonchev–Trinajstić information content (AvgIpc) is 2.10. The van der Waals surface area contributed by atoms with Gasteiger partial charge in [-0.15, -0.1) is 0 Å². The van der Waals surface area contributed by atoms with Crippen molar-refractivity contribution in [3.8, 4) is 0 Å². The Morgan fingerprint density at radius 3 is 2.45 bits per heavy atom. The first-order valence-electron chi connectivity index (χ1n) is 4.00. The smallest absolute Gasteiger partial charge is 0.166 e. The minimum atomic E-state index is -2.79. The summed E-state index contributed by atoms with van der Waals surface area (Å²) in [6, 6.07) is 0.257. The van der Waals surface area contributed by atoms with Crippen LogP contribution in [0, 0.1) is 0 Å². The van der Waals surface area contributed by atoms with E-state index in [-0.39, 0.29) is 11.4 Å². The van der Waals surface area contributed by atoms with Gasteiger partial charge in [-0.3, -0.25) is 5.32 Å². The molecule has 1 N–H and O–H groups in total. The fourth-order valence-electron chi connectivity index (χ4n) is 1.35. The van der Waals surface area contributed by atoms with Gasteiger partial charge >= 0.3 is 0 Å². The summed E-state index contributed by atoms with van der Waals surface area (Å²) in [6.07, 6.45) is 1.59. The summed E-state index contributed by atoms with van der Waals surface area (Å²) in [5, 5.41) is 2.77. The topological polar surface area (TPSA) is 46.2 Å². The number of hydrogen-bond donors (Lipinski definition) is 1. The lowest BCUT2D eigenvalue weighted by Gasteiger charge is -2.14. The molecule has 3 nitrogen and oxygen atoms in total. The zero-order valence-electron chi connectivity index (χ0n) is 7.00. The van der Waals surface area contributed by atoms with Gasteiger partial charge in [-0.05, 0) is 26.7 Å². The molecule has 1 unspecified atom stereocenters. The van der Waals surface area contributed by atoms with Crippen molar-refractivity contribution in [3.05, 3.63) is 0 Å². The van der Waals surface area contributed by atoms with Crippen LogP contribution in [0.1, 0.15) is 26.7 Å². The lowest BCUT2D eigenvalue weighted by Crippen LogP contribution is -2.37. The summed E-state index contributed by atoms with van der Waals surface area (Å²) >= 11 is 0. The van der Waals surface area contributed by atoms with E-state index in [1.165, 1.54) is 0 Å². The molecular weight excluding hydrogens is 162 g/mol. The molecule has 1 aliphatic heterocycles. The Morgan fingerprint density at radius 2 is 2.09 bits per heavy atom. The molecule has 0 radical (unpaired) electrons. The Bertz CT molecular complexity index is 221. The molecule has 11 heavy (non-hydrogen) atoms. The Morgan fingerprint density at radius 1 is 1.45 bits per heavy atom. The summed E-state index contributed by atoms with van der Waals surface area (Å²) in [4.78, 5) is 0. The van der Waals surface area contributed by atoms with Crippen LogP contribution in [-0.2, 0) is 9.84 Å². The minimum absolute atomic E-state index is 0.257. The van der Waals surface area contributed by atoms with E-state index in [2.05, 4.69) is 5.32 Å². The van der Waals surface area contributed by atoms with Crippen molar-refractivity contribution < 1.29 is 8.42 Å². The predicted octanol–water partition coefficient (Wildman–Crippen LogP) is 0.519. The average molecular weight is 177 g/mol. The van der Waals surface area contributed by atoms with Crippen molar-refractivity contribution in [1.29, 1.82) is 0 Å². The van der Waals surface area contributed by atoms with Gasteiger partial charge in [-0.25, -0.2) is 8.42 Å². The van der Waals surface area contributed by atoms with Crippen molar-refractivity contribution >= 4 is 9.84 Å². The molecule has 0 aromatic rings. The molecule has 1 aliphatic rings. The van der Waals surface area contributed by atoms with Gasteiger partial charge in [0.25, 0.3) is 0 Å². The highest BCUT2D eigenvalue weighted by atomic mass is 32.2. The molecule has 0 aromatic carbocycles. The highest BCUT2D eigenvalue weighted by Gasteiger charge is 2.30. The van der Waals surface area contributed by atoms with E-state index in [1.807, 2.05) is 13.8 Å². The fraction of sp³-hybridized carbons (Fsp3) is 1.00. The first kappa shape index (κ1) is 9.00. The van der Waals surface area contributed by atoms with Crippen LogP contribution in [0.2, 0.25) is 0 Å². The van der Waals surface area contributed by atoms with Crippen LogP contribution in [0.3, 0.4) is 0 Å². The molecule has 1 saturated heterocycles. The quantitative estimate of drug-likeness (QED) is 0.669. The molecule has 0 aliphatic carbocycles. The second kappa shape index (κ2) is 3.11. The highest BCUT2D eigenvalue weighted by molar-refractivity contribution is 7.92. The van der Waals surface area contributed by atoms with Gasteiger partial charge in [-0.1, -0.05) is 0 Å². The minimum Gasteiger partial charge on any atom is -0.299 e. The second-order valence-electron chi connectivity index (χ2n) is 3.32. The van der Waals surface area contributed by atoms with Crippen molar-refractivity contribution in [3.63, 3.8) is 0 Å². The summed E-state index contributed by atoms with van der Waals surface area (Å²) in [6.45, 7) is 3.93. The zero-order valence-corrected chi connectivity index (χ0v) is 7.82. The SMILES string of the molecule is CC(C)NC1CCCS1(=O)=O. The predicted molar refractivity (Wildman–Crippen MR) is 45.1 cm³/mol. The summed E-state index contributed by atoms with van der Waals surface area (Å²) < 4.78 is 22.5. The van der Waals surface area contributed by atoms with Crippen LogP contribution in [0.15, 0.2) is 0 Å². The molecule has 0 aromatic heterocycles. The lowest BCUT2D eigenvalue weighted by molar-refractivity contribution is 0.518. The van der Waals surface area contributed by atoms with Crippen molar-refractivity contribution in [1.82, 2.24) is 5.32 Å². The molecule has 4 heteroatoms. The normalized spacial score (nSPS) is 29.5. The molecule has 1 heterocycles. The standard InChI is InChI=1S/C7H15NO2S/c1-6(2)8-7-4-3-5-11(7,9)10/h6-8H,3-5H2,1-2H3. The summed E-state index contributed by atoms with van der Waals surface area (Å²) in [7, 11) is -2.79. The van der Waals surface area contributed by atoms with Gasteiger partial charge < -0.3 is 0 Å². The molecule has 0 spiro atoms. The van der Waals surface area contributed by atoms with Gasteiger partial charge in [0, 0.05) is 6.04 Å². The largest absolute Gasteiger partial charge is 0.299 e. The summed E-state index contributed by atoms with van der Waals surface area (Å²) in [5.74, 6) is 0.359. The van der Waals surface area contributed by atoms with Gasteiger partial charge in [0.05, 0.1) is 5.75 Å². The molecule has 1 atom stereocenters. The third-order valence-corrected chi connectivity index (χ3v) is 3.94. The third kappa shape index (κ3) is 2.17. The Balaban J connectivity index is 2.59. The van der Waals surface area contributed by atoms with E-state index in [1.54, 1.807) is 0 Å². The van der Waals surface area contributed by atoms with E-state index in [0.29, 0.717) is 5.75 Å². The van der Waals surface area contributed by atoms with Crippen LogP contribution < -0.4 is 5.32 Å². The lowest BCUT2D eigenvalue weighted by atomic mass is 10.3. The van der Waals surface area contributed by atoms with E-state index in [0.717, 1.165) is 12.8 Å². The van der Waals surface area contributed by atoms with E-state index < -0.39 is 9.84 Å². The Labute approximate surface area is 68.1 Å². The van der Waals surface area contributed by atoms with Crippen LogP contribution >= 0.6 is 0 Å². The van der Waals surface area contributed by atoms with Gasteiger partial charge in [0.2, 0.25) is 0 Å². The molecule has 1 rings (SSSR count). The number of rotatable bonds is 2. The third-order valence-electron chi connectivity index (χ3n) is 1.85. The Hall–Kier alpha value is -0.0900. The van der Waals surface area contributed by atoms with Crippen molar-refractivity contribution in [2.45, 2.75) is 38.1 Å². The van der Waals surface area contributed by atoms with E-state index in [4.69, 9.17) is 0 Å². The number of sulfone groups is 1. The zero-order chi connectivity index (χ0) is 8.48. The van der Waals surface area contributed by atoms with Crippen LogP contribution in [0.5, 0.6) is 0 Å². The monoisotopic (exact) mass is 177 g/mol. The molecule has 0 bridgehead atoms. The maximum Gasteiger partial charge on any atom is 0.166 e. The first-order valence-corrected chi connectivity index (χ1v) is 5.71. The second-order valence-corrected chi connectivity index (χ2v) is 5.62. The Kier molecular flexibility index (Phi) is 2.54. The highest BCUT2D eigenvalue weighted by Crippen LogP contribution is 2.17. The van der Waals surface area contributed by atoms with Crippen molar-refractivity contribution in [2.75, 3.05) is 5.75 Å². The number of hydrogen-bond acceptors (Lipinski definition) is 3. The van der Waals surface area contributed by atoms with Crippen LogP contribution in [-0.4, -0.2) is 25.6 Å². The summed E-state index contributed by atoms with van der Waals surface area (Å²) in [5.41, 5.74) is 0. The molecule has 0 amide bonds. The van der Waals surface area contributed by atoms with Crippen molar-refractivity contribution in [2.24, 2.45) is 0 Å². The molecule has 0 saturated carbocycles. The fourth-order valence-corrected chi connectivity index (χ4v) is 3.21. The maximum absolute atomic E-state index is 11.2. The molecular formula is C7H15NO2S. The maximum atomic E-state index is 11.2. The van der Waals surface area contributed by atoms with Crippen LogP contribution in [0.4, 0.5) is 0 Å².